The molecule has 0 saturated carbocycles. The first-order chi connectivity index (χ1) is 8.20. The van der Waals surface area contributed by atoms with Crippen molar-refractivity contribution in [2.45, 2.75) is 6.92 Å². The number of hydrogen-bond donors (Lipinski definition) is 2. The molecule has 0 radical (unpaired) electrons. The highest BCUT2D eigenvalue weighted by molar-refractivity contribution is 5.53. The van der Waals surface area contributed by atoms with Gasteiger partial charge < -0.3 is 4.74 Å². The summed E-state index contributed by atoms with van der Waals surface area (Å²) in [6.07, 6.45) is 0. The highest BCUT2D eigenvalue weighted by Gasteiger charge is 2.05. The van der Waals surface area contributed by atoms with Gasteiger partial charge in [-0.2, -0.15) is 0 Å². The molecular formula is C13H12FNO2. The third-order valence-electron chi connectivity index (χ3n) is 2.39. The van der Waals surface area contributed by atoms with Crippen molar-refractivity contribution in [2.24, 2.45) is 0 Å². The predicted molar refractivity (Wildman–Crippen MR) is 63.1 cm³/mol. The largest absolute Gasteiger partial charge is 0.454 e. The van der Waals surface area contributed by atoms with Gasteiger partial charge >= 0.3 is 0 Å². The van der Waals surface area contributed by atoms with Gasteiger partial charge in [0, 0.05) is 6.07 Å². The first-order valence-electron chi connectivity index (χ1n) is 5.14. The number of benzene rings is 2. The van der Waals surface area contributed by atoms with Gasteiger partial charge in [0.25, 0.3) is 0 Å². The van der Waals surface area contributed by atoms with Crippen LogP contribution in [0.1, 0.15) is 5.56 Å². The van der Waals surface area contributed by atoms with Crippen LogP contribution in [-0.2, 0) is 0 Å². The van der Waals surface area contributed by atoms with Gasteiger partial charge in [0.15, 0.2) is 11.6 Å². The molecule has 4 heteroatoms. The zero-order valence-electron chi connectivity index (χ0n) is 9.27. The minimum absolute atomic E-state index is 0.153. The summed E-state index contributed by atoms with van der Waals surface area (Å²) in [6.45, 7) is 1.84. The van der Waals surface area contributed by atoms with Crippen LogP contribution in [0.4, 0.5) is 10.1 Å². The number of hydrogen-bond acceptors (Lipinski definition) is 3. The van der Waals surface area contributed by atoms with Crippen molar-refractivity contribution in [2.75, 3.05) is 5.48 Å². The Bertz CT molecular complexity index is 529. The highest BCUT2D eigenvalue weighted by atomic mass is 19.1. The van der Waals surface area contributed by atoms with E-state index in [0.29, 0.717) is 11.4 Å². The van der Waals surface area contributed by atoms with Crippen molar-refractivity contribution in [1.29, 1.82) is 0 Å². The van der Waals surface area contributed by atoms with Crippen LogP contribution in [-0.4, -0.2) is 5.21 Å². The number of para-hydroxylation sites is 1. The Kier molecular flexibility index (Phi) is 3.25. The van der Waals surface area contributed by atoms with E-state index in [9.17, 15) is 4.39 Å². The van der Waals surface area contributed by atoms with E-state index in [1.54, 1.807) is 36.4 Å². The third kappa shape index (κ3) is 2.54. The minimum Gasteiger partial charge on any atom is -0.454 e. The fourth-order valence-corrected chi connectivity index (χ4v) is 1.44. The molecule has 0 aliphatic heterocycles. The molecule has 2 rings (SSSR count). The van der Waals surface area contributed by atoms with Crippen molar-refractivity contribution in [3.05, 3.63) is 53.8 Å². The van der Waals surface area contributed by atoms with Crippen LogP contribution < -0.4 is 10.2 Å². The molecule has 2 aromatic carbocycles. The molecule has 0 aliphatic rings. The molecule has 0 aromatic heterocycles. The Balaban J connectivity index is 2.28. The van der Waals surface area contributed by atoms with Crippen LogP contribution in [0.15, 0.2) is 42.5 Å². The molecule has 0 unspecified atom stereocenters. The van der Waals surface area contributed by atoms with Crippen LogP contribution in [0.2, 0.25) is 0 Å². The fraction of sp³-hybridized carbons (Fsp3) is 0.0769. The first kappa shape index (κ1) is 11.4. The Labute approximate surface area is 98.4 Å². The number of ether oxygens (including phenoxy) is 1. The van der Waals surface area contributed by atoms with Crippen LogP contribution in [0.25, 0.3) is 0 Å². The maximum atomic E-state index is 13.3. The summed E-state index contributed by atoms with van der Waals surface area (Å²) in [7, 11) is 0. The number of nitrogens with one attached hydrogen (secondary N) is 1. The van der Waals surface area contributed by atoms with Gasteiger partial charge in [0.1, 0.15) is 5.75 Å². The summed E-state index contributed by atoms with van der Waals surface area (Å²) < 4.78 is 18.7. The lowest BCUT2D eigenvalue weighted by Gasteiger charge is -2.09. The van der Waals surface area contributed by atoms with Crippen LogP contribution in [0, 0.1) is 12.7 Å². The van der Waals surface area contributed by atoms with Gasteiger partial charge in [-0.1, -0.05) is 18.2 Å². The number of aryl methyl sites for hydroxylation is 1. The average molecular weight is 233 g/mol. The average Bonchev–Trinajstić information content (AvgIpc) is 2.34. The molecule has 3 nitrogen and oxygen atoms in total. The summed E-state index contributed by atoms with van der Waals surface area (Å²) in [4.78, 5) is 0. The van der Waals surface area contributed by atoms with Crippen molar-refractivity contribution in [1.82, 2.24) is 0 Å². The quantitative estimate of drug-likeness (QED) is 0.794. The van der Waals surface area contributed by atoms with Gasteiger partial charge in [-0.15, -0.1) is 0 Å². The molecule has 0 saturated heterocycles. The van der Waals surface area contributed by atoms with Gasteiger partial charge in [0.2, 0.25) is 0 Å². The van der Waals surface area contributed by atoms with E-state index >= 15 is 0 Å². The molecule has 0 fully saturated rings. The van der Waals surface area contributed by atoms with E-state index in [1.807, 2.05) is 6.92 Å². The van der Waals surface area contributed by atoms with E-state index in [1.165, 1.54) is 6.07 Å². The Morgan fingerprint density at radius 2 is 1.94 bits per heavy atom. The van der Waals surface area contributed by atoms with E-state index in [4.69, 9.17) is 9.94 Å². The van der Waals surface area contributed by atoms with E-state index in [0.717, 1.165) is 5.56 Å². The molecule has 0 aliphatic carbocycles. The molecule has 2 N–H and O–H groups in total. The summed E-state index contributed by atoms with van der Waals surface area (Å²) in [5.74, 6) is 0.184. The van der Waals surface area contributed by atoms with Crippen molar-refractivity contribution >= 4 is 5.69 Å². The lowest BCUT2D eigenvalue weighted by Crippen LogP contribution is -1.94. The molecule has 0 bridgehead atoms. The smallest absolute Gasteiger partial charge is 0.165 e. The number of anilines is 1. The Morgan fingerprint density at radius 1 is 1.18 bits per heavy atom. The topological polar surface area (TPSA) is 41.5 Å². The lowest BCUT2D eigenvalue weighted by atomic mass is 10.2. The predicted octanol–water partition coefficient (Wildman–Crippen LogP) is 3.73. The molecule has 2 aromatic rings. The van der Waals surface area contributed by atoms with E-state index in [-0.39, 0.29) is 5.75 Å². The summed E-state index contributed by atoms with van der Waals surface area (Å²) in [5.41, 5.74) is 3.46. The zero-order chi connectivity index (χ0) is 12.3. The fourth-order valence-electron chi connectivity index (χ4n) is 1.44. The second-order valence-electron chi connectivity index (χ2n) is 3.62. The summed E-state index contributed by atoms with van der Waals surface area (Å²) in [6, 6.07) is 11.2. The molecule has 0 heterocycles. The lowest BCUT2D eigenvalue weighted by molar-refractivity contribution is 0.387. The molecule has 0 amide bonds. The first-order valence-corrected chi connectivity index (χ1v) is 5.14. The summed E-state index contributed by atoms with van der Waals surface area (Å²) >= 11 is 0. The number of rotatable bonds is 3. The van der Waals surface area contributed by atoms with Gasteiger partial charge in [-0.05, 0) is 30.7 Å². The monoisotopic (exact) mass is 233 g/mol. The van der Waals surface area contributed by atoms with Crippen LogP contribution in [0.5, 0.6) is 11.5 Å². The Hall–Kier alpha value is -2.07. The normalized spacial score (nSPS) is 10.1. The maximum absolute atomic E-state index is 13.3. The van der Waals surface area contributed by atoms with E-state index < -0.39 is 5.82 Å². The molecule has 0 atom stereocenters. The second-order valence-corrected chi connectivity index (χ2v) is 3.62. The van der Waals surface area contributed by atoms with Gasteiger partial charge in [0.05, 0.1) is 5.69 Å². The zero-order valence-corrected chi connectivity index (χ0v) is 9.27. The molecule has 0 spiro atoms. The molecular weight excluding hydrogens is 221 g/mol. The minimum atomic E-state index is -0.424. The third-order valence-corrected chi connectivity index (χ3v) is 2.39. The van der Waals surface area contributed by atoms with Crippen molar-refractivity contribution < 1.29 is 14.3 Å². The summed E-state index contributed by atoms with van der Waals surface area (Å²) in [5, 5.41) is 8.88. The Morgan fingerprint density at radius 3 is 2.65 bits per heavy atom. The van der Waals surface area contributed by atoms with E-state index in [2.05, 4.69) is 5.48 Å². The molecule has 17 heavy (non-hydrogen) atoms. The van der Waals surface area contributed by atoms with Crippen molar-refractivity contribution in [3.63, 3.8) is 0 Å². The maximum Gasteiger partial charge on any atom is 0.165 e. The standard InChI is InChI=1S/C13H12FNO2/c1-9-6-7-10(8-12(9)15-16)17-13-5-3-2-4-11(13)14/h2-8,15-16H,1H3. The van der Waals surface area contributed by atoms with Crippen molar-refractivity contribution in [3.8, 4) is 11.5 Å². The second kappa shape index (κ2) is 4.84. The number of halogens is 1. The van der Waals surface area contributed by atoms with Gasteiger partial charge in [-0.25, -0.2) is 4.39 Å². The molecule has 88 valence electrons. The van der Waals surface area contributed by atoms with Crippen LogP contribution >= 0.6 is 0 Å². The van der Waals surface area contributed by atoms with Gasteiger partial charge in [-0.3, -0.25) is 10.7 Å². The SMILES string of the molecule is Cc1ccc(Oc2ccccc2F)cc1NO. The highest BCUT2D eigenvalue weighted by Crippen LogP contribution is 2.27. The van der Waals surface area contributed by atoms with Crippen LogP contribution in [0.3, 0.4) is 0 Å².